The van der Waals surface area contributed by atoms with Gasteiger partial charge in [0.05, 0.1) is 0 Å². The minimum absolute atomic E-state index is 0.236. The van der Waals surface area contributed by atoms with Crippen molar-refractivity contribution in [1.82, 2.24) is 10.2 Å². The third kappa shape index (κ3) is 5.51. The van der Waals surface area contributed by atoms with Crippen LogP contribution in [-0.4, -0.2) is 23.4 Å². The Balaban J connectivity index is 1.36. The molecule has 0 saturated carbocycles. The van der Waals surface area contributed by atoms with E-state index in [1.807, 2.05) is 59.5 Å². The second kappa shape index (κ2) is 9.94. The molecule has 0 unspecified atom stereocenters. The molecule has 0 spiro atoms. The first kappa shape index (κ1) is 20.7. The number of benzene rings is 3. The van der Waals surface area contributed by atoms with E-state index >= 15 is 0 Å². The molecule has 31 heavy (non-hydrogen) atoms. The number of ether oxygens (including phenoxy) is 1. The van der Waals surface area contributed by atoms with Gasteiger partial charge in [-0.3, -0.25) is 4.79 Å². The maximum absolute atomic E-state index is 12.1. The number of hydrogen-bond donors (Lipinski definition) is 1. The van der Waals surface area contributed by atoms with E-state index in [4.69, 9.17) is 4.74 Å². The minimum atomic E-state index is -0.440. The fourth-order valence-corrected chi connectivity index (χ4v) is 3.78. The highest BCUT2D eigenvalue weighted by Crippen LogP contribution is 2.25. The summed E-state index contributed by atoms with van der Waals surface area (Å²) in [6.45, 7) is 2.13. The predicted molar refractivity (Wildman–Crippen MR) is 120 cm³/mol. The third-order valence-corrected chi connectivity index (χ3v) is 5.46. The monoisotopic (exact) mass is 414 g/mol. The Morgan fingerprint density at radius 2 is 1.65 bits per heavy atom. The van der Waals surface area contributed by atoms with E-state index in [1.165, 1.54) is 0 Å². The van der Waals surface area contributed by atoms with Crippen molar-refractivity contribution in [3.63, 3.8) is 0 Å². The molecule has 1 aliphatic heterocycles. The highest BCUT2D eigenvalue weighted by molar-refractivity contribution is 5.78. The summed E-state index contributed by atoms with van der Waals surface area (Å²) < 4.78 is 5.30. The van der Waals surface area contributed by atoms with Gasteiger partial charge in [-0.1, -0.05) is 78.9 Å². The molecular weight excluding hydrogens is 388 g/mol. The van der Waals surface area contributed by atoms with Crippen molar-refractivity contribution in [2.75, 3.05) is 6.54 Å². The Kier molecular flexibility index (Phi) is 6.62. The van der Waals surface area contributed by atoms with Gasteiger partial charge in [0.1, 0.15) is 6.61 Å². The van der Waals surface area contributed by atoms with Crippen LogP contribution in [0, 0.1) is 0 Å². The molecule has 0 bridgehead atoms. The number of hydrogen-bond acceptors (Lipinski definition) is 3. The molecule has 3 aromatic carbocycles. The number of amides is 2. The van der Waals surface area contributed by atoms with Crippen LogP contribution < -0.4 is 5.32 Å². The van der Waals surface area contributed by atoms with Gasteiger partial charge in [-0.05, 0) is 34.2 Å². The molecule has 3 aromatic rings. The van der Waals surface area contributed by atoms with Crippen LogP contribution in [0.3, 0.4) is 0 Å². The van der Waals surface area contributed by atoms with Crippen LogP contribution in [0.4, 0.5) is 4.79 Å². The van der Waals surface area contributed by atoms with Crippen LogP contribution in [-0.2, 0) is 29.2 Å². The van der Waals surface area contributed by atoms with Gasteiger partial charge in [-0.2, -0.15) is 0 Å². The molecule has 0 aliphatic carbocycles. The molecule has 5 nitrogen and oxygen atoms in total. The fourth-order valence-electron chi connectivity index (χ4n) is 3.78. The lowest BCUT2D eigenvalue weighted by atomic mass is 9.98. The Hall–Kier alpha value is -3.60. The zero-order valence-electron chi connectivity index (χ0n) is 17.4. The molecular formula is C26H26N2O3. The minimum Gasteiger partial charge on any atom is -0.445 e. The van der Waals surface area contributed by atoms with Crippen molar-refractivity contribution in [2.45, 2.75) is 32.5 Å². The van der Waals surface area contributed by atoms with Crippen molar-refractivity contribution in [1.29, 1.82) is 0 Å². The topological polar surface area (TPSA) is 58.6 Å². The molecule has 1 aliphatic rings. The van der Waals surface area contributed by atoms with Crippen molar-refractivity contribution < 1.29 is 14.3 Å². The molecule has 2 amide bonds. The van der Waals surface area contributed by atoms with Gasteiger partial charge in [0.25, 0.3) is 0 Å². The second-order valence-electron chi connectivity index (χ2n) is 7.69. The SMILES string of the molecule is O=C(NCc1ccccc1-c1ccc(CN2CCCC2=O)cc1)OCc1ccccc1. The van der Waals surface area contributed by atoms with E-state index in [0.29, 0.717) is 19.5 Å². The molecule has 1 heterocycles. The first-order chi connectivity index (χ1) is 15.2. The predicted octanol–water partition coefficient (Wildman–Crippen LogP) is 4.90. The van der Waals surface area contributed by atoms with Gasteiger partial charge in [0.2, 0.25) is 5.91 Å². The molecule has 158 valence electrons. The average molecular weight is 415 g/mol. The van der Waals surface area contributed by atoms with Crippen molar-refractivity contribution in [3.05, 3.63) is 95.6 Å². The highest BCUT2D eigenvalue weighted by Gasteiger charge is 2.19. The Morgan fingerprint density at radius 3 is 2.39 bits per heavy atom. The summed E-state index contributed by atoms with van der Waals surface area (Å²) >= 11 is 0. The fraction of sp³-hybridized carbons (Fsp3) is 0.231. The van der Waals surface area contributed by atoms with Gasteiger partial charge in [0, 0.05) is 26.1 Å². The molecule has 1 saturated heterocycles. The zero-order valence-corrected chi connectivity index (χ0v) is 17.4. The largest absolute Gasteiger partial charge is 0.445 e. The second-order valence-corrected chi connectivity index (χ2v) is 7.69. The number of alkyl carbamates (subject to hydrolysis) is 1. The van der Waals surface area contributed by atoms with Gasteiger partial charge < -0.3 is 15.0 Å². The van der Waals surface area contributed by atoms with E-state index in [2.05, 4.69) is 29.6 Å². The summed E-state index contributed by atoms with van der Waals surface area (Å²) in [6.07, 6.45) is 1.17. The molecule has 0 radical (unpaired) electrons. The highest BCUT2D eigenvalue weighted by atomic mass is 16.5. The van der Waals surface area contributed by atoms with E-state index in [0.717, 1.165) is 40.8 Å². The number of nitrogens with zero attached hydrogens (tertiary/aromatic N) is 1. The number of carbonyl (C=O) groups is 2. The lowest BCUT2D eigenvalue weighted by molar-refractivity contribution is -0.128. The van der Waals surface area contributed by atoms with Gasteiger partial charge in [-0.25, -0.2) is 4.79 Å². The maximum atomic E-state index is 12.1. The first-order valence-corrected chi connectivity index (χ1v) is 10.6. The van der Waals surface area contributed by atoms with Crippen molar-refractivity contribution in [3.8, 4) is 11.1 Å². The zero-order chi connectivity index (χ0) is 21.5. The maximum Gasteiger partial charge on any atom is 0.407 e. The van der Waals surface area contributed by atoms with Crippen LogP contribution in [0.1, 0.15) is 29.5 Å². The van der Waals surface area contributed by atoms with Gasteiger partial charge in [0.15, 0.2) is 0 Å². The van der Waals surface area contributed by atoms with Crippen molar-refractivity contribution in [2.24, 2.45) is 0 Å². The average Bonchev–Trinajstić information content (AvgIpc) is 3.22. The van der Waals surface area contributed by atoms with Crippen LogP contribution in [0.15, 0.2) is 78.9 Å². The Bertz CT molecular complexity index is 1030. The molecule has 0 aromatic heterocycles. The number of carbonyl (C=O) groups excluding carboxylic acids is 2. The van der Waals surface area contributed by atoms with Crippen molar-refractivity contribution >= 4 is 12.0 Å². The number of likely N-dealkylation sites (tertiary alicyclic amines) is 1. The van der Waals surface area contributed by atoms with E-state index < -0.39 is 6.09 Å². The van der Waals surface area contributed by atoms with E-state index in [1.54, 1.807) is 0 Å². The molecule has 4 rings (SSSR count). The normalized spacial score (nSPS) is 13.3. The van der Waals surface area contributed by atoms with Gasteiger partial charge >= 0.3 is 6.09 Å². The lowest BCUT2D eigenvalue weighted by Crippen LogP contribution is -2.24. The molecule has 1 fully saturated rings. The number of rotatable bonds is 7. The Morgan fingerprint density at radius 1 is 0.903 bits per heavy atom. The summed E-state index contributed by atoms with van der Waals surface area (Å²) in [5.74, 6) is 0.236. The third-order valence-electron chi connectivity index (χ3n) is 5.46. The summed E-state index contributed by atoms with van der Waals surface area (Å²) in [4.78, 5) is 25.9. The smallest absolute Gasteiger partial charge is 0.407 e. The standard InChI is InChI=1S/C26H26N2O3/c29-25-11-6-16-28(25)18-20-12-14-22(15-13-20)24-10-5-4-9-23(24)17-27-26(30)31-19-21-7-2-1-3-8-21/h1-5,7-10,12-15H,6,11,16-19H2,(H,27,30). The molecule has 5 heteroatoms. The van der Waals surface area contributed by atoms with Crippen LogP contribution >= 0.6 is 0 Å². The Labute approximate surface area is 182 Å². The van der Waals surface area contributed by atoms with E-state index in [9.17, 15) is 9.59 Å². The first-order valence-electron chi connectivity index (χ1n) is 10.6. The molecule has 1 N–H and O–H groups in total. The van der Waals surface area contributed by atoms with Crippen LogP contribution in [0.5, 0.6) is 0 Å². The van der Waals surface area contributed by atoms with E-state index in [-0.39, 0.29) is 12.5 Å². The summed E-state index contributed by atoms with van der Waals surface area (Å²) in [7, 11) is 0. The van der Waals surface area contributed by atoms with Crippen LogP contribution in [0.2, 0.25) is 0 Å². The quantitative estimate of drug-likeness (QED) is 0.598. The summed E-state index contributed by atoms with van der Waals surface area (Å²) in [5, 5.41) is 2.84. The lowest BCUT2D eigenvalue weighted by Gasteiger charge is -2.16. The molecule has 0 atom stereocenters. The number of nitrogens with one attached hydrogen (secondary N) is 1. The van der Waals surface area contributed by atoms with Crippen LogP contribution in [0.25, 0.3) is 11.1 Å². The van der Waals surface area contributed by atoms with Gasteiger partial charge in [-0.15, -0.1) is 0 Å². The summed E-state index contributed by atoms with van der Waals surface area (Å²) in [6, 6.07) is 25.9. The summed E-state index contributed by atoms with van der Waals surface area (Å²) in [5.41, 5.74) is 5.23.